The van der Waals surface area contributed by atoms with Crippen LogP contribution in [0, 0.1) is 10.1 Å². The first-order valence-electron chi connectivity index (χ1n) is 10.8. The fourth-order valence-corrected chi connectivity index (χ4v) is 5.30. The second kappa shape index (κ2) is 8.88. The summed E-state index contributed by atoms with van der Waals surface area (Å²) in [4.78, 5) is 33.0. The van der Waals surface area contributed by atoms with Crippen molar-refractivity contribution in [3.05, 3.63) is 74.8 Å². The number of aromatic hydroxyl groups is 1. The second-order valence-electron chi connectivity index (χ2n) is 7.92. The van der Waals surface area contributed by atoms with Crippen LogP contribution in [0.5, 0.6) is 5.88 Å². The molecule has 1 aliphatic rings. The Hall–Kier alpha value is -3.77. The van der Waals surface area contributed by atoms with Gasteiger partial charge >= 0.3 is 0 Å². The fraction of sp³-hybridized carbons (Fsp3) is 0.318. The second-order valence-corrected chi connectivity index (χ2v) is 8.93. The zero-order valence-corrected chi connectivity index (χ0v) is 19.1. The Balaban J connectivity index is 1.46. The van der Waals surface area contributed by atoms with E-state index in [0.29, 0.717) is 54.0 Å². The van der Waals surface area contributed by atoms with E-state index in [9.17, 15) is 20.0 Å². The number of piperazine rings is 1. The number of furan rings is 1. The number of hydrogen-bond acceptors (Lipinski definition) is 9. The zero-order chi connectivity index (χ0) is 23.8. The molecule has 4 heterocycles. The van der Waals surface area contributed by atoms with Gasteiger partial charge in [0.1, 0.15) is 0 Å². The summed E-state index contributed by atoms with van der Waals surface area (Å²) >= 11 is 1.34. The molecule has 1 saturated heterocycles. The first-order chi connectivity index (χ1) is 16.5. The highest BCUT2D eigenvalue weighted by molar-refractivity contribution is 7.17. The molecular formula is C22H22N6O5S. The Morgan fingerprint density at radius 3 is 2.56 bits per heavy atom. The quantitative estimate of drug-likeness (QED) is 0.328. The van der Waals surface area contributed by atoms with E-state index in [-0.39, 0.29) is 23.5 Å². The summed E-state index contributed by atoms with van der Waals surface area (Å²) < 4.78 is 6.68. The number of rotatable bonds is 6. The van der Waals surface area contributed by atoms with Crippen LogP contribution in [0.1, 0.15) is 39.8 Å². The lowest BCUT2D eigenvalue weighted by Gasteiger charge is -2.38. The third kappa shape index (κ3) is 3.90. The molecule has 0 radical (unpaired) electrons. The molecule has 1 N–H and O–H groups in total. The van der Waals surface area contributed by atoms with Crippen LogP contribution in [0.2, 0.25) is 0 Å². The number of fused-ring (bicyclic) bond motifs is 1. The van der Waals surface area contributed by atoms with E-state index in [1.165, 1.54) is 34.2 Å². The molecule has 11 nitrogen and oxygen atoms in total. The van der Waals surface area contributed by atoms with Gasteiger partial charge in [-0.05, 0) is 17.7 Å². The van der Waals surface area contributed by atoms with Crippen LogP contribution in [-0.2, 0) is 6.42 Å². The maximum Gasteiger partial charge on any atom is 0.289 e. The number of amides is 1. The Morgan fingerprint density at radius 2 is 1.97 bits per heavy atom. The van der Waals surface area contributed by atoms with Gasteiger partial charge in [-0.2, -0.15) is 4.52 Å². The van der Waals surface area contributed by atoms with E-state index in [1.54, 1.807) is 29.2 Å². The smallest absolute Gasteiger partial charge is 0.289 e. The molecule has 0 unspecified atom stereocenters. The normalized spacial score (nSPS) is 15.6. The van der Waals surface area contributed by atoms with Crippen LogP contribution < -0.4 is 0 Å². The van der Waals surface area contributed by atoms with Crippen molar-refractivity contribution >= 4 is 27.9 Å². The number of nitro benzene ring substituents is 1. The number of aromatic nitrogens is 3. The van der Waals surface area contributed by atoms with Gasteiger partial charge in [-0.15, -0.1) is 5.10 Å². The van der Waals surface area contributed by atoms with E-state index in [2.05, 4.69) is 15.0 Å². The molecule has 1 atom stereocenters. The predicted molar refractivity (Wildman–Crippen MR) is 123 cm³/mol. The average Bonchev–Trinajstić information content (AvgIpc) is 3.59. The largest absolute Gasteiger partial charge is 0.492 e. The van der Waals surface area contributed by atoms with Crippen LogP contribution in [-0.4, -0.2) is 66.5 Å². The van der Waals surface area contributed by atoms with Gasteiger partial charge in [0, 0.05) is 44.7 Å². The van der Waals surface area contributed by atoms with Crippen molar-refractivity contribution in [3.8, 4) is 5.88 Å². The van der Waals surface area contributed by atoms with Crippen LogP contribution >= 0.6 is 11.3 Å². The number of thiazole rings is 1. The Morgan fingerprint density at radius 1 is 1.24 bits per heavy atom. The van der Waals surface area contributed by atoms with Gasteiger partial charge in [0.25, 0.3) is 11.6 Å². The number of carbonyl (C=O) groups is 1. The molecule has 1 fully saturated rings. The molecule has 176 valence electrons. The summed E-state index contributed by atoms with van der Waals surface area (Å²) in [6.45, 7) is 3.98. The van der Waals surface area contributed by atoms with Gasteiger partial charge in [-0.3, -0.25) is 19.8 Å². The Kier molecular flexibility index (Phi) is 5.75. The number of hydrogen-bond donors (Lipinski definition) is 1. The molecule has 3 aromatic heterocycles. The zero-order valence-electron chi connectivity index (χ0n) is 18.3. The lowest BCUT2D eigenvalue weighted by atomic mass is 10.0. The molecule has 12 heteroatoms. The molecule has 1 amide bonds. The minimum absolute atomic E-state index is 0.00387. The standard InChI is InChI=1S/C22H22N6O5S/c1-2-17-23-22-27(24-17)21(30)19(34-22)18(14-5-7-15(8-6-14)28(31)32)25-9-11-26(12-10-25)20(29)16-4-3-13-33-16/h3-8,13,18,30H,2,9-12H2,1H3/t18-/m0/s1. The summed E-state index contributed by atoms with van der Waals surface area (Å²) in [5, 5.41) is 26.5. The summed E-state index contributed by atoms with van der Waals surface area (Å²) in [5.74, 6) is 0.787. The number of nitro groups is 1. The van der Waals surface area contributed by atoms with Gasteiger partial charge in [-0.1, -0.05) is 30.4 Å². The average molecular weight is 483 g/mol. The van der Waals surface area contributed by atoms with Crippen molar-refractivity contribution < 1.29 is 19.2 Å². The third-order valence-electron chi connectivity index (χ3n) is 5.93. The summed E-state index contributed by atoms with van der Waals surface area (Å²) in [6, 6.07) is 9.28. The molecule has 1 aromatic carbocycles. The lowest BCUT2D eigenvalue weighted by molar-refractivity contribution is -0.384. The van der Waals surface area contributed by atoms with Gasteiger partial charge < -0.3 is 14.4 Å². The first kappa shape index (κ1) is 22.0. The highest BCUT2D eigenvalue weighted by atomic mass is 32.1. The Labute approximate surface area is 198 Å². The number of nitrogens with zero attached hydrogens (tertiary/aromatic N) is 6. The highest BCUT2D eigenvalue weighted by Gasteiger charge is 2.33. The van der Waals surface area contributed by atoms with E-state index in [0.717, 1.165) is 5.56 Å². The van der Waals surface area contributed by atoms with Crippen molar-refractivity contribution in [3.63, 3.8) is 0 Å². The van der Waals surface area contributed by atoms with Gasteiger partial charge in [-0.25, -0.2) is 4.98 Å². The van der Waals surface area contributed by atoms with Crippen LogP contribution in [0.3, 0.4) is 0 Å². The number of non-ortho nitro benzene ring substituents is 1. The van der Waals surface area contributed by atoms with Crippen molar-refractivity contribution in [2.24, 2.45) is 0 Å². The van der Waals surface area contributed by atoms with E-state index < -0.39 is 4.92 Å². The first-order valence-corrected chi connectivity index (χ1v) is 11.7. The molecular weight excluding hydrogens is 460 g/mol. The molecule has 4 aromatic rings. The van der Waals surface area contributed by atoms with Gasteiger partial charge in [0.2, 0.25) is 10.8 Å². The maximum absolute atomic E-state index is 12.7. The van der Waals surface area contributed by atoms with Crippen molar-refractivity contribution in [2.45, 2.75) is 19.4 Å². The maximum atomic E-state index is 12.7. The molecule has 0 bridgehead atoms. The van der Waals surface area contributed by atoms with E-state index >= 15 is 0 Å². The lowest BCUT2D eigenvalue weighted by Crippen LogP contribution is -2.49. The number of carbonyl (C=O) groups excluding carboxylic acids is 1. The summed E-state index contributed by atoms with van der Waals surface area (Å²) in [5.41, 5.74) is 0.794. The monoisotopic (exact) mass is 482 g/mol. The van der Waals surface area contributed by atoms with Crippen LogP contribution in [0.4, 0.5) is 5.69 Å². The molecule has 34 heavy (non-hydrogen) atoms. The van der Waals surface area contributed by atoms with Gasteiger partial charge in [0.05, 0.1) is 22.1 Å². The van der Waals surface area contributed by atoms with Crippen molar-refractivity contribution in [2.75, 3.05) is 26.2 Å². The van der Waals surface area contributed by atoms with Crippen LogP contribution in [0.15, 0.2) is 47.1 Å². The summed E-state index contributed by atoms with van der Waals surface area (Å²) in [7, 11) is 0. The minimum Gasteiger partial charge on any atom is -0.492 e. The summed E-state index contributed by atoms with van der Waals surface area (Å²) in [6.07, 6.45) is 2.13. The minimum atomic E-state index is -0.440. The molecule has 0 spiro atoms. The van der Waals surface area contributed by atoms with E-state index in [4.69, 9.17) is 4.42 Å². The van der Waals surface area contributed by atoms with Crippen LogP contribution in [0.25, 0.3) is 4.96 Å². The third-order valence-corrected chi connectivity index (χ3v) is 7.00. The molecule has 0 saturated carbocycles. The van der Waals surface area contributed by atoms with Crippen molar-refractivity contribution in [1.82, 2.24) is 24.4 Å². The molecule has 5 rings (SSSR count). The Bertz CT molecular complexity index is 1320. The molecule has 0 aliphatic carbocycles. The number of benzene rings is 1. The van der Waals surface area contributed by atoms with Crippen molar-refractivity contribution in [1.29, 1.82) is 0 Å². The highest BCUT2D eigenvalue weighted by Crippen LogP contribution is 2.40. The topological polar surface area (TPSA) is 130 Å². The fourth-order valence-electron chi connectivity index (χ4n) is 4.16. The van der Waals surface area contributed by atoms with Gasteiger partial charge in [0.15, 0.2) is 11.6 Å². The molecule has 1 aliphatic heterocycles. The predicted octanol–water partition coefficient (Wildman–Crippen LogP) is 3.11. The number of aryl methyl sites for hydroxylation is 1. The van der Waals surface area contributed by atoms with E-state index in [1.807, 2.05) is 6.92 Å². The SMILES string of the molecule is CCc1nc2sc([C@H](c3ccc([N+](=O)[O-])cc3)N3CCN(C(=O)c4ccco4)CC3)c(O)n2n1.